The van der Waals surface area contributed by atoms with E-state index in [0.717, 1.165) is 60.0 Å². The average molecular weight is 297 g/mol. The standard InChI is InChI=1S/C18H23N3O/c1-21(2)12-6-11-19-18(22)17-13-7-3-4-9-15(13)20-16-10-5-8-14(16)17/h3-4,7,9H,5-6,8,10-12H2,1-2H3,(H,19,22). The number of fused-ring (bicyclic) bond motifs is 2. The maximum atomic E-state index is 12.7. The normalized spacial score (nSPS) is 13.6. The summed E-state index contributed by atoms with van der Waals surface area (Å²) >= 11 is 0. The summed E-state index contributed by atoms with van der Waals surface area (Å²) < 4.78 is 0. The van der Waals surface area contributed by atoms with E-state index in [1.807, 2.05) is 38.4 Å². The van der Waals surface area contributed by atoms with Crippen molar-refractivity contribution in [3.05, 3.63) is 41.1 Å². The van der Waals surface area contributed by atoms with Gasteiger partial charge < -0.3 is 10.2 Å². The van der Waals surface area contributed by atoms with Crippen molar-refractivity contribution in [2.24, 2.45) is 0 Å². The summed E-state index contributed by atoms with van der Waals surface area (Å²) in [5, 5.41) is 4.06. The molecule has 22 heavy (non-hydrogen) atoms. The fraction of sp³-hybridized carbons (Fsp3) is 0.444. The molecule has 1 aromatic carbocycles. The zero-order valence-electron chi connectivity index (χ0n) is 13.4. The number of nitrogens with zero attached hydrogens (tertiary/aromatic N) is 2. The van der Waals surface area contributed by atoms with Crippen LogP contribution in [0.1, 0.15) is 34.5 Å². The van der Waals surface area contributed by atoms with Gasteiger partial charge in [-0.25, -0.2) is 0 Å². The zero-order valence-corrected chi connectivity index (χ0v) is 13.4. The van der Waals surface area contributed by atoms with E-state index in [1.165, 1.54) is 0 Å². The van der Waals surface area contributed by atoms with E-state index in [1.54, 1.807) is 0 Å². The fourth-order valence-electron chi connectivity index (χ4n) is 3.16. The zero-order chi connectivity index (χ0) is 15.5. The van der Waals surface area contributed by atoms with E-state index < -0.39 is 0 Å². The summed E-state index contributed by atoms with van der Waals surface area (Å²) in [7, 11) is 4.09. The maximum absolute atomic E-state index is 12.7. The van der Waals surface area contributed by atoms with Gasteiger partial charge in [0.2, 0.25) is 0 Å². The van der Waals surface area contributed by atoms with Gasteiger partial charge in [0.1, 0.15) is 0 Å². The molecule has 2 aromatic rings. The van der Waals surface area contributed by atoms with Crippen LogP contribution in [0, 0.1) is 0 Å². The predicted molar refractivity (Wildman–Crippen MR) is 89.3 cm³/mol. The summed E-state index contributed by atoms with van der Waals surface area (Å²) in [5.74, 6) is 0.0514. The number of carbonyl (C=O) groups is 1. The van der Waals surface area contributed by atoms with Crippen molar-refractivity contribution < 1.29 is 4.79 Å². The van der Waals surface area contributed by atoms with Crippen molar-refractivity contribution >= 4 is 16.8 Å². The van der Waals surface area contributed by atoms with Crippen LogP contribution in [-0.2, 0) is 12.8 Å². The first-order valence-corrected chi connectivity index (χ1v) is 8.00. The second-order valence-electron chi connectivity index (χ2n) is 6.20. The number of amides is 1. The number of rotatable bonds is 5. The molecule has 1 aromatic heterocycles. The fourth-order valence-corrected chi connectivity index (χ4v) is 3.16. The number of aryl methyl sites for hydroxylation is 1. The summed E-state index contributed by atoms with van der Waals surface area (Å²) in [6.45, 7) is 1.69. The van der Waals surface area contributed by atoms with E-state index in [0.29, 0.717) is 6.54 Å². The molecule has 0 spiro atoms. The Balaban J connectivity index is 1.87. The van der Waals surface area contributed by atoms with Crippen LogP contribution in [-0.4, -0.2) is 43.0 Å². The summed E-state index contributed by atoms with van der Waals surface area (Å²) in [6.07, 6.45) is 4.01. The molecule has 0 atom stereocenters. The molecular formula is C18H23N3O. The molecule has 0 fully saturated rings. The van der Waals surface area contributed by atoms with Gasteiger partial charge >= 0.3 is 0 Å². The number of para-hydroxylation sites is 1. The largest absolute Gasteiger partial charge is 0.352 e. The van der Waals surface area contributed by atoms with Crippen LogP contribution in [0.5, 0.6) is 0 Å². The Hall–Kier alpha value is -1.94. The second-order valence-corrected chi connectivity index (χ2v) is 6.20. The number of nitrogens with one attached hydrogen (secondary N) is 1. The number of hydrogen-bond donors (Lipinski definition) is 1. The van der Waals surface area contributed by atoms with Gasteiger partial charge in [-0.1, -0.05) is 18.2 Å². The highest BCUT2D eigenvalue weighted by Gasteiger charge is 2.23. The molecule has 0 aliphatic heterocycles. The lowest BCUT2D eigenvalue weighted by Gasteiger charge is -2.13. The first-order valence-electron chi connectivity index (χ1n) is 8.00. The second kappa shape index (κ2) is 6.44. The SMILES string of the molecule is CN(C)CCCNC(=O)c1c2c(nc3ccccc13)CCC2. The minimum atomic E-state index is 0.0514. The Morgan fingerprint density at radius 2 is 2.09 bits per heavy atom. The number of benzene rings is 1. The topological polar surface area (TPSA) is 45.2 Å². The maximum Gasteiger partial charge on any atom is 0.252 e. The third-order valence-electron chi connectivity index (χ3n) is 4.21. The lowest BCUT2D eigenvalue weighted by molar-refractivity contribution is 0.0953. The highest BCUT2D eigenvalue weighted by atomic mass is 16.1. The molecule has 0 radical (unpaired) electrons. The van der Waals surface area contributed by atoms with Crippen molar-refractivity contribution in [1.29, 1.82) is 0 Å². The Kier molecular flexibility index (Phi) is 4.39. The van der Waals surface area contributed by atoms with Crippen molar-refractivity contribution in [1.82, 2.24) is 15.2 Å². The highest BCUT2D eigenvalue weighted by Crippen LogP contribution is 2.29. The Labute approximate surface area is 131 Å². The monoisotopic (exact) mass is 297 g/mol. The molecule has 1 amide bonds. The molecule has 4 nitrogen and oxygen atoms in total. The molecule has 0 bridgehead atoms. The first kappa shape index (κ1) is 15.0. The van der Waals surface area contributed by atoms with Crippen molar-refractivity contribution in [2.75, 3.05) is 27.2 Å². The molecule has 0 saturated heterocycles. The lowest BCUT2D eigenvalue weighted by atomic mass is 10.0. The van der Waals surface area contributed by atoms with Crippen LogP contribution in [0.4, 0.5) is 0 Å². The van der Waals surface area contributed by atoms with Gasteiger partial charge in [-0.15, -0.1) is 0 Å². The van der Waals surface area contributed by atoms with Gasteiger partial charge in [0.15, 0.2) is 0 Å². The smallest absolute Gasteiger partial charge is 0.252 e. The van der Waals surface area contributed by atoms with Crippen molar-refractivity contribution in [3.63, 3.8) is 0 Å². The van der Waals surface area contributed by atoms with Crippen LogP contribution in [0.3, 0.4) is 0 Å². The summed E-state index contributed by atoms with van der Waals surface area (Å²) in [6, 6.07) is 7.97. The first-order chi connectivity index (χ1) is 10.7. The molecule has 1 aliphatic carbocycles. The molecule has 1 heterocycles. The molecule has 1 aliphatic rings. The van der Waals surface area contributed by atoms with Gasteiger partial charge in [-0.2, -0.15) is 0 Å². The van der Waals surface area contributed by atoms with Crippen LogP contribution < -0.4 is 5.32 Å². The minimum Gasteiger partial charge on any atom is -0.352 e. The molecule has 3 rings (SSSR count). The highest BCUT2D eigenvalue weighted by molar-refractivity contribution is 6.07. The lowest BCUT2D eigenvalue weighted by Crippen LogP contribution is -2.28. The molecule has 1 N–H and O–H groups in total. The number of aromatic nitrogens is 1. The number of hydrogen-bond acceptors (Lipinski definition) is 3. The number of pyridine rings is 1. The molecule has 0 saturated carbocycles. The van der Waals surface area contributed by atoms with Crippen LogP contribution in [0.2, 0.25) is 0 Å². The summed E-state index contributed by atoms with van der Waals surface area (Å²) in [4.78, 5) is 19.6. The van der Waals surface area contributed by atoms with Gasteiger partial charge in [-0.05, 0) is 58.0 Å². The van der Waals surface area contributed by atoms with Crippen molar-refractivity contribution in [3.8, 4) is 0 Å². The molecule has 4 heteroatoms. The number of carbonyl (C=O) groups excluding carboxylic acids is 1. The van der Waals surface area contributed by atoms with Gasteiger partial charge in [0.25, 0.3) is 5.91 Å². The predicted octanol–water partition coefficient (Wildman–Crippen LogP) is 2.41. The van der Waals surface area contributed by atoms with E-state index in [9.17, 15) is 4.79 Å². The summed E-state index contributed by atoms with van der Waals surface area (Å²) in [5.41, 5.74) is 4.05. The third kappa shape index (κ3) is 2.97. The van der Waals surface area contributed by atoms with Gasteiger partial charge in [0.05, 0.1) is 11.1 Å². The Morgan fingerprint density at radius 3 is 2.91 bits per heavy atom. The third-order valence-corrected chi connectivity index (χ3v) is 4.21. The quantitative estimate of drug-likeness (QED) is 0.862. The minimum absolute atomic E-state index is 0.0514. The van der Waals surface area contributed by atoms with E-state index in [-0.39, 0.29) is 5.91 Å². The van der Waals surface area contributed by atoms with Gasteiger partial charge in [0, 0.05) is 17.6 Å². The van der Waals surface area contributed by atoms with E-state index in [4.69, 9.17) is 4.98 Å². The Morgan fingerprint density at radius 1 is 1.27 bits per heavy atom. The van der Waals surface area contributed by atoms with E-state index >= 15 is 0 Å². The van der Waals surface area contributed by atoms with Crippen LogP contribution >= 0.6 is 0 Å². The Bertz CT molecular complexity index is 694. The van der Waals surface area contributed by atoms with E-state index in [2.05, 4.69) is 10.2 Å². The molecule has 0 unspecified atom stereocenters. The van der Waals surface area contributed by atoms with Crippen molar-refractivity contribution in [2.45, 2.75) is 25.7 Å². The average Bonchev–Trinajstić information content (AvgIpc) is 2.96. The van der Waals surface area contributed by atoms with Gasteiger partial charge in [-0.3, -0.25) is 9.78 Å². The van der Waals surface area contributed by atoms with Crippen LogP contribution in [0.25, 0.3) is 10.9 Å². The molecule has 116 valence electrons. The molecular weight excluding hydrogens is 274 g/mol. The van der Waals surface area contributed by atoms with Crippen LogP contribution in [0.15, 0.2) is 24.3 Å².